The lowest BCUT2D eigenvalue weighted by atomic mass is 10.1. The predicted octanol–water partition coefficient (Wildman–Crippen LogP) is 8.19. The van der Waals surface area contributed by atoms with Crippen molar-refractivity contribution in [1.82, 2.24) is 0 Å². The van der Waals surface area contributed by atoms with Crippen molar-refractivity contribution >= 4 is 13.8 Å². The molecule has 3 atom stereocenters. The molecule has 0 heterocycles. The first-order valence-corrected chi connectivity index (χ1v) is 18.7. The lowest BCUT2D eigenvalue weighted by Gasteiger charge is -2.20. The molecular weight excluding hydrogens is 571 g/mol. The molecule has 3 unspecified atom stereocenters. The minimum Gasteiger partial charge on any atom is -0.457 e. The summed E-state index contributed by atoms with van der Waals surface area (Å²) in [6.07, 6.45) is 26.0. The maximum absolute atomic E-state index is 12.5. The van der Waals surface area contributed by atoms with E-state index >= 15 is 0 Å². The fraction of sp³-hybridized carbons (Fsp3) is 0.909. The summed E-state index contributed by atoms with van der Waals surface area (Å²) in [5, 5.41) is 18.2. The summed E-state index contributed by atoms with van der Waals surface area (Å²) >= 11 is 0. The fourth-order valence-electron chi connectivity index (χ4n) is 4.53. The summed E-state index contributed by atoms with van der Waals surface area (Å²) in [5.41, 5.74) is 0. The van der Waals surface area contributed by atoms with E-state index in [4.69, 9.17) is 23.6 Å². The number of ether oxygens (including phenoxy) is 2. The number of phosphoric ester groups is 1. The van der Waals surface area contributed by atoms with Gasteiger partial charge >= 0.3 is 13.8 Å². The second-order valence-corrected chi connectivity index (χ2v) is 13.0. The van der Waals surface area contributed by atoms with Gasteiger partial charge in [0.1, 0.15) is 12.2 Å². The standard InChI is InChI=1S/C33H65O9P/c1-3-5-7-9-11-13-15-17-19-21-23-25-33(36)42-32(30-41-43(37,38)40-28-31(35)27-34)29-39-26-24-22-20-18-16-14-12-10-8-6-4-2/h8,10,31-32,34-35H,3-7,9,11-30H2,1-2H3,(H,37,38)/b10-8-. The molecule has 0 fully saturated rings. The molecule has 0 radical (unpaired) electrons. The molecule has 0 saturated carbocycles. The molecule has 0 aliphatic heterocycles. The quantitative estimate of drug-likeness (QED) is 0.0282. The van der Waals surface area contributed by atoms with Gasteiger partial charge in [-0.25, -0.2) is 4.57 Å². The van der Waals surface area contributed by atoms with E-state index in [9.17, 15) is 19.4 Å². The molecule has 43 heavy (non-hydrogen) atoms. The van der Waals surface area contributed by atoms with E-state index in [2.05, 4.69) is 26.0 Å². The van der Waals surface area contributed by atoms with Gasteiger partial charge in [0, 0.05) is 13.0 Å². The topological polar surface area (TPSA) is 132 Å². The van der Waals surface area contributed by atoms with E-state index in [1.165, 1.54) is 77.0 Å². The molecule has 0 rings (SSSR count). The van der Waals surface area contributed by atoms with Gasteiger partial charge in [0.15, 0.2) is 0 Å². The molecule has 3 N–H and O–H groups in total. The molecule has 256 valence electrons. The van der Waals surface area contributed by atoms with Crippen molar-refractivity contribution in [2.24, 2.45) is 0 Å². The number of hydrogen-bond acceptors (Lipinski definition) is 8. The Morgan fingerprint density at radius 3 is 1.84 bits per heavy atom. The number of unbranched alkanes of at least 4 members (excludes halogenated alkanes) is 17. The first-order valence-electron chi connectivity index (χ1n) is 17.2. The van der Waals surface area contributed by atoms with Crippen LogP contribution in [0.25, 0.3) is 0 Å². The Kier molecular flexibility index (Phi) is 30.6. The minimum atomic E-state index is -4.50. The van der Waals surface area contributed by atoms with Crippen molar-refractivity contribution in [2.75, 3.05) is 33.0 Å². The Balaban J connectivity index is 4.28. The monoisotopic (exact) mass is 636 g/mol. The summed E-state index contributed by atoms with van der Waals surface area (Å²) in [4.78, 5) is 22.3. The third-order valence-corrected chi connectivity index (χ3v) is 8.13. The second-order valence-electron chi connectivity index (χ2n) is 11.5. The van der Waals surface area contributed by atoms with Crippen LogP contribution in [0.15, 0.2) is 12.2 Å². The minimum absolute atomic E-state index is 0.0490. The van der Waals surface area contributed by atoms with Crippen molar-refractivity contribution in [3.05, 3.63) is 12.2 Å². The van der Waals surface area contributed by atoms with Crippen LogP contribution >= 0.6 is 7.82 Å². The normalized spacial score (nSPS) is 14.6. The average Bonchev–Trinajstić information content (AvgIpc) is 2.99. The SMILES string of the molecule is CCC/C=C\CCCCCCCCOCC(COP(=O)(O)OCC(O)CO)OC(=O)CCCCCCCCCCCCC. The van der Waals surface area contributed by atoms with Crippen LogP contribution in [0.2, 0.25) is 0 Å². The largest absolute Gasteiger partial charge is 0.472 e. The van der Waals surface area contributed by atoms with E-state index < -0.39 is 33.2 Å². The first-order chi connectivity index (χ1) is 20.8. The van der Waals surface area contributed by atoms with Crippen molar-refractivity contribution in [2.45, 2.75) is 161 Å². The van der Waals surface area contributed by atoms with Crippen molar-refractivity contribution in [1.29, 1.82) is 0 Å². The summed E-state index contributed by atoms with van der Waals surface area (Å²) in [6.45, 7) is 3.43. The Bertz CT molecular complexity index is 689. The smallest absolute Gasteiger partial charge is 0.457 e. The molecule has 0 amide bonds. The summed E-state index contributed by atoms with van der Waals surface area (Å²) < 4.78 is 33.1. The van der Waals surface area contributed by atoms with Gasteiger partial charge in [0.05, 0.1) is 26.4 Å². The number of aliphatic hydroxyl groups excluding tert-OH is 2. The molecule has 0 aromatic carbocycles. The predicted molar refractivity (Wildman–Crippen MR) is 173 cm³/mol. The van der Waals surface area contributed by atoms with E-state index in [-0.39, 0.29) is 25.6 Å². The molecule has 10 heteroatoms. The summed E-state index contributed by atoms with van der Waals surface area (Å²) in [6, 6.07) is 0. The maximum Gasteiger partial charge on any atom is 0.472 e. The van der Waals surface area contributed by atoms with Crippen LogP contribution in [-0.4, -0.2) is 66.3 Å². The van der Waals surface area contributed by atoms with Gasteiger partial charge in [-0.15, -0.1) is 0 Å². The molecule has 0 spiro atoms. The number of carbonyl (C=O) groups is 1. The van der Waals surface area contributed by atoms with E-state index in [0.717, 1.165) is 51.4 Å². The zero-order valence-corrected chi connectivity index (χ0v) is 28.3. The molecular formula is C33H65O9P. The number of esters is 1. The van der Waals surface area contributed by atoms with Crippen LogP contribution in [-0.2, 0) is 27.9 Å². The Hall–Kier alpha value is -0.800. The lowest BCUT2D eigenvalue weighted by molar-refractivity contribution is -0.154. The van der Waals surface area contributed by atoms with Gasteiger partial charge in [-0.3, -0.25) is 13.8 Å². The van der Waals surface area contributed by atoms with Crippen LogP contribution in [0.4, 0.5) is 0 Å². The highest BCUT2D eigenvalue weighted by atomic mass is 31.2. The summed E-state index contributed by atoms with van der Waals surface area (Å²) in [5.74, 6) is -0.387. The molecule has 0 aliphatic rings. The van der Waals surface area contributed by atoms with Crippen molar-refractivity contribution < 1.29 is 43.0 Å². The zero-order valence-electron chi connectivity index (χ0n) is 27.4. The van der Waals surface area contributed by atoms with Gasteiger partial charge in [-0.05, 0) is 32.1 Å². The fourth-order valence-corrected chi connectivity index (χ4v) is 5.32. The van der Waals surface area contributed by atoms with E-state index in [1.807, 2.05) is 0 Å². The number of hydrogen-bond donors (Lipinski definition) is 3. The highest BCUT2D eigenvalue weighted by Gasteiger charge is 2.26. The maximum atomic E-state index is 12.5. The first kappa shape index (κ1) is 42.2. The Morgan fingerprint density at radius 1 is 0.698 bits per heavy atom. The molecule has 0 aliphatic carbocycles. The number of allylic oxidation sites excluding steroid dienone is 2. The van der Waals surface area contributed by atoms with Gasteiger partial charge in [-0.1, -0.05) is 122 Å². The lowest BCUT2D eigenvalue weighted by Crippen LogP contribution is -2.29. The highest BCUT2D eigenvalue weighted by molar-refractivity contribution is 7.47. The van der Waals surface area contributed by atoms with Gasteiger partial charge < -0.3 is 24.6 Å². The van der Waals surface area contributed by atoms with Crippen LogP contribution < -0.4 is 0 Å². The number of carbonyl (C=O) groups excluding carboxylic acids is 1. The second kappa shape index (κ2) is 31.2. The van der Waals surface area contributed by atoms with Crippen LogP contribution in [0.1, 0.15) is 149 Å². The van der Waals surface area contributed by atoms with Gasteiger partial charge in [0.25, 0.3) is 0 Å². The van der Waals surface area contributed by atoms with Crippen LogP contribution in [0.5, 0.6) is 0 Å². The third-order valence-electron chi connectivity index (χ3n) is 7.18. The number of phosphoric acid groups is 1. The molecule has 9 nitrogen and oxygen atoms in total. The molecule has 0 aromatic heterocycles. The molecule has 0 bridgehead atoms. The Labute approximate surface area is 262 Å². The number of aliphatic hydroxyl groups is 2. The highest BCUT2D eigenvalue weighted by Crippen LogP contribution is 2.43. The average molecular weight is 637 g/mol. The van der Waals surface area contributed by atoms with Crippen molar-refractivity contribution in [3.8, 4) is 0 Å². The van der Waals surface area contributed by atoms with Crippen LogP contribution in [0.3, 0.4) is 0 Å². The molecule has 0 saturated heterocycles. The zero-order chi connectivity index (χ0) is 31.9. The van der Waals surface area contributed by atoms with Crippen LogP contribution in [0, 0.1) is 0 Å². The van der Waals surface area contributed by atoms with E-state index in [0.29, 0.717) is 6.61 Å². The summed E-state index contributed by atoms with van der Waals surface area (Å²) in [7, 11) is -4.50. The van der Waals surface area contributed by atoms with Gasteiger partial charge in [-0.2, -0.15) is 0 Å². The number of rotatable bonds is 33. The third kappa shape index (κ3) is 31.0. The molecule has 0 aromatic rings. The van der Waals surface area contributed by atoms with E-state index in [1.54, 1.807) is 0 Å². The Morgan fingerprint density at radius 2 is 1.23 bits per heavy atom. The van der Waals surface area contributed by atoms with Crippen molar-refractivity contribution in [3.63, 3.8) is 0 Å². The van der Waals surface area contributed by atoms with Gasteiger partial charge in [0.2, 0.25) is 0 Å².